The van der Waals surface area contributed by atoms with Crippen molar-refractivity contribution in [1.29, 1.82) is 0 Å². The lowest BCUT2D eigenvalue weighted by molar-refractivity contribution is -0.115. The summed E-state index contributed by atoms with van der Waals surface area (Å²) in [6.07, 6.45) is 1.25. The van der Waals surface area contributed by atoms with Gasteiger partial charge in [0.25, 0.3) is 0 Å². The van der Waals surface area contributed by atoms with Crippen LogP contribution in [0.1, 0.15) is 18.1 Å². The molecule has 0 saturated carbocycles. The van der Waals surface area contributed by atoms with Crippen molar-refractivity contribution in [3.8, 4) is 11.5 Å². The summed E-state index contributed by atoms with van der Waals surface area (Å²) in [7, 11) is 0. The number of aromatic nitrogens is 2. The minimum absolute atomic E-state index is 0.110. The first-order chi connectivity index (χ1) is 11.2. The first-order valence-electron chi connectivity index (χ1n) is 7.51. The van der Waals surface area contributed by atoms with Crippen LogP contribution in [0.5, 0.6) is 0 Å². The summed E-state index contributed by atoms with van der Waals surface area (Å²) in [6, 6.07) is 17.5. The molecule has 0 aliphatic carbocycles. The molecule has 0 fully saturated rings. The zero-order chi connectivity index (χ0) is 16.1. The summed E-state index contributed by atoms with van der Waals surface area (Å²) in [5.74, 6) is 0.200. The van der Waals surface area contributed by atoms with E-state index in [1.165, 1.54) is 5.56 Å². The van der Waals surface area contributed by atoms with Crippen LogP contribution in [0.4, 0.5) is 6.01 Å². The molecular formula is C18H17N3O2. The van der Waals surface area contributed by atoms with E-state index in [0.29, 0.717) is 5.89 Å². The zero-order valence-electron chi connectivity index (χ0n) is 12.8. The number of hydrogen-bond donors (Lipinski definition) is 1. The molecule has 116 valence electrons. The lowest BCUT2D eigenvalue weighted by Gasteiger charge is -2.02. The topological polar surface area (TPSA) is 68.0 Å². The number of rotatable bonds is 5. The number of aryl methyl sites for hydroxylation is 1. The van der Waals surface area contributed by atoms with E-state index >= 15 is 0 Å². The molecule has 3 rings (SSSR count). The molecule has 2 aromatic carbocycles. The molecular weight excluding hydrogens is 290 g/mol. The fourth-order valence-corrected chi connectivity index (χ4v) is 2.21. The predicted octanol–water partition coefficient (Wildman–Crippen LogP) is 3.48. The van der Waals surface area contributed by atoms with E-state index < -0.39 is 0 Å². The van der Waals surface area contributed by atoms with E-state index in [1.54, 1.807) is 0 Å². The maximum absolute atomic E-state index is 12.0. The molecule has 0 unspecified atom stereocenters. The monoisotopic (exact) mass is 307 g/mol. The minimum Gasteiger partial charge on any atom is -0.403 e. The van der Waals surface area contributed by atoms with Crippen molar-refractivity contribution in [2.45, 2.75) is 19.8 Å². The fraction of sp³-hybridized carbons (Fsp3) is 0.167. The summed E-state index contributed by atoms with van der Waals surface area (Å²) in [4.78, 5) is 12.0. The molecule has 3 aromatic rings. The van der Waals surface area contributed by atoms with Crippen LogP contribution in [-0.4, -0.2) is 16.1 Å². The van der Waals surface area contributed by atoms with E-state index in [9.17, 15) is 4.79 Å². The highest BCUT2D eigenvalue weighted by atomic mass is 16.4. The van der Waals surface area contributed by atoms with Crippen molar-refractivity contribution in [2.75, 3.05) is 5.32 Å². The Balaban J connectivity index is 1.63. The van der Waals surface area contributed by atoms with Crippen LogP contribution < -0.4 is 5.32 Å². The molecule has 23 heavy (non-hydrogen) atoms. The second-order valence-corrected chi connectivity index (χ2v) is 5.17. The Hall–Kier alpha value is -2.95. The molecule has 5 heteroatoms. The van der Waals surface area contributed by atoms with E-state index in [4.69, 9.17) is 4.42 Å². The van der Waals surface area contributed by atoms with Gasteiger partial charge in [-0.2, -0.15) is 0 Å². The third kappa shape index (κ3) is 3.83. The van der Waals surface area contributed by atoms with Gasteiger partial charge >= 0.3 is 6.01 Å². The first kappa shape index (κ1) is 15.0. The third-order valence-corrected chi connectivity index (χ3v) is 3.49. The molecule has 0 radical (unpaired) electrons. The van der Waals surface area contributed by atoms with Crippen LogP contribution in [-0.2, 0) is 17.6 Å². The van der Waals surface area contributed by atoms with Gasteiger partial charge in [0.05, 0.1) is 6.42 Å². The number of nitrogens with zero attached hydrogens (tertiary/aromatic N) is 2. The predicted molar refractivity (Wildman–Crippen MR) is 87.9 cm³/mol. The second kappa shape index (κ2) is 6.87. The number of carbonyl (C=O) groups is 1. The minimum atomic E-state index is -0.183. The number of amides is 1. The normalized spacial score (nSPS) is 10.5. The van der Waals surface area contributed by atoms with Crippen molar-refractivity contribution in [3.05, 3.63) is 65.7 Å². The smallest absolute Gasteiger partial charge is 0.322 e. The maximum atomic E-state index is 12.0. The molecule has 1 heterocycles. The highest BCUT2D eigenvalue weighted by Crippen LogP contribution is 2.19. The Kier molecular flexibility index (Phi) is 4.47. The van der Waals surface area contributed by atoms with E-state index in [-0.39, 0.29) is 18.3 Å². The number of benzene rings is 2. The lowest BCUT2D eigenvalue weighted by atomic mass is 10.1. The summed E-state index contributed by atoms with van der Waals surface area (Å²) in [6.45, 7) is 2.10. The van der Waals surface area contributed by atoms with Crippen LogP contribution in [0, 0.1) is 0 Å². The lowest BCUT2D eigenvalue weighted by Crippen LogP contribution is -2.14. The first-order valence-corrected chi connectivity index (χ1v) is 7.51. The van der Waals surface area contributed by atoms with Gasteiger partial charge in [0.15, 0.2) is 0 Å². The largest absolute Gasteiger partial charge is 0.403 e. The van der Waals surface area contributed by atoms with Gasteiger partial charge in [-0.1, -0.05) is 54.5 Å². The Morgan fingerprint density at radius 2 is 1.70 bits per heavy atom. The van der Waals surface area contributed by atoms with Gasteiger partial charge in [0.1, 0.15) is 0 Å². The van der Waals surface area contributed by atoms with Crippen molar-refractivity contribution >= 4 is 11.9 Å². The van der Waals surface area contributed by atoms with Crippen LogP contribution in [0.2, 0.25) is 0 Å². The Morgan fingerprint density at radius 1 is 1.00 bits per heavy atom. The highest BCUT2D eigenvalue weighted by Gasteiger charge is 2.11. The Morgan fingerprint density at radius 3 is 2.39 bits per heavy atom. The van der Waals surface area contributed by atoms with Crippen LogP contribution >= 0.6 is 0 Å². The van der Waals surface area contributed by atoms with Crippen molar-refractivity contribution < 1.29 is 9.21 Å². The van der Waals surface area contributed by atoms with Crippen molar-refractivity contribution in [3.63, 3.8) is 0 Å². The van der Waals surface area contributed by atoms with Crippen LogP contribution in [0.15, 0.2) is 59.0 Å². The second-order valence-electron chi connectivity index (χ2n) is 5.17. The third-order valence-electron chi connectivity index (χ3n) is 3.49. The van der Waals surface area contributed by atoms with Gasteiger partial charge in [-0.25, -0.2) is 0 Å². The zero-order valence-corrected chi connectivity index (χ0v) is 12.8. The maximum Gasteiger partial charge on any atom is 0.322 e. The van der Waals surface area contributed by atoms with Crippen LogP contribution in [0.3, 0.4) is 0 Å². The molecule has 5 nitrogen and oxygen atoms in total. The van der Waals surface area contributed by atoms with E-state index in [0.717, 1.165) is 17.5 Å². The number of anilines is 1. The van der Waals surface area contributed by atoms with Crippen LogP contribution in [0.25, 0.3) is 11.5 Å². The summed E-state index contributed by atoms with van der Waals surface area (Å²) in [5.41, 5.74) is 3.01. The molecule has 0 spiro atoms. The van der Waals surface area contributed by atoms with Crippen molar-refractivity contribution in [2.24, 2.45) is 0 Å². The molecule has 1 N–H and O–H groups in total. The van der Waals surface area contributed by atoms with Gasteiger partial charge in [0.2, 0.25) is 11.8 Å². The summed E-state index contributed by atoms with van der Waals surface area (Å²) < 4.78 is 5.46. The fourth-order valence-electron chi connectivity index (χ4n) is 2.21. The Labute approximate surface area is 134 Å². The molecule has 0 saturated heterocycles. The molecule has 0 atom stereocenters. The molecule has 0 aliphatic heterocycles. The molecule has 0 aliphatic rings. The van der Waals surface area contributed by atoms with Gasteiger partial charge in [-0.3, -0.25) is 10.1 Å². The van der Waals surface area contributed by atoms with E-state index in [1.807, 2.05) is 54.6 Å². The molecule has 1 aromatic heterocycles. The molecule has 0 bridgehead atoms. The number of hydrogen-bond acceptors (Lipinski definition) is 4. The summed E-state index contributed by atoms with van der Waals surface area (Å²) in [5, 5.41) is 10.4. The van der Waals surface area contributed by atoms with Crippen molar-refractivity contribution in [1.82, 2.24) is 10.2 Å². The average Bonchev–Trinajstić information content (AvgIpc) is 3.04. The quantitative estimate of drug-likeness (QED) is 0.783. The van der Waals surface area contributed by atoms with Gasteiger partial charge in [0, 0.05) is 5.56 Å². The highest BCUT2D eigenvalue weighted by molar-refractivity contribution is 5.90. The van der Waals surface area contributed by atoms with Gasteiger partial charge < -0.3 is 4.42 Å². The SMILES string of the molecule is CCc1ccc(CC(=O)Nc2nnc(-c3ccccc3)o2)cc1. The standard InChI is InChI=1S/C18H17N3O2/c1-2-13-8-10-14(11-9-13)12-16(22)19-18-21-20-17(23-18)15-6-4-3-5-7-15/h3-11H,2,12H2,1H3,(H,19,21,22). The average molecular weight is 307 g/mol. The summed E-state index contributed by atoms with van der Waals surface area (Å²) >= 11 is 0. The van der Waals surface area contributed by atoms with Gasteiger partial charge in [-0.15, -0.1) is 5.10 Å². The van der Waals surface area contributed by atoms with E-state index in [2.05, 4.69) is 22.4 Å². The number of carbonyl (C=O) groups excluding carboxylic acids is 1. The number of nitrogens with one attached hydrogen (secondary N) is 1. The molecule has 1 amide bonds. The van der Waals surface area contributed by atoms with Gasteiger partial charge in [-0.05, 0) is 29.7 Å². The Bertz CT molecular complexity index is 780.